The van der Waals surface area contributed by atoms with Gasteiger partial charge in [0.2, 0.25) is 11.8 Å². The number of hydrogen-bond acceptors (Lipinski definition) is 4. The molecular weight excluding hydrogens is 376 g/mol. The van der Waals surface area contributed by atoms with Crippen LogP contribution >= 0.6 is 11.6 Å². The summed E-state index contributed by atoms with van der Waals surface area (Å²) < 4.78 is 7.72. The Morgan fingerprint density at radius 2 is 2.21 bits per heavy atom. The summed E-state index contributed by atoms with van der Waals surface area (Å²) in [7, 11) is 0. The second kappa shape index (κ2) is 8.19. The lowest BCUT2D eigenvalue weighted by Gasteiger charge is -2.33. The molecule has 2 aromatic heterocycles. The van der Waals surface area contributed by atoms with E-state index in [-0.39, 0.29) is 18.5 Å². The number of piperidine rings is 1. The smallest absolute Gasteiger partial charge is 0.244 e. The van der Waals surface area contributed by atoms with Crippen LogP contribution in [0.3, 0.4) is 0 Å². The molecule has 1 aliphatic heterocycles. The van der Waals surface area contributed by atoms with Crippen LogP contribution in [0.1, 0.15) is 48.1 Å². The molecule has 1 amide bonds. The van der Waals surface area contributed by atoms with Crippen LogP contribution in [0.4, 0.5) is 0 Å². The van der Waals surface area contributed by atoms with E-state index in [4.69, 9.17) is 16.0 Å². The van der Waals surface area contributed by atoms with E-state index in [1.54, 1.807) is 17.1 Å². The average molecular weight is 399 g/mol. The Kier molecular flexibility index (Phi) is 5.48. The Balaban J connectivity index is 1.48. The SMILES string of the molecule is Cc1cnn(CC(=O)N2CCCCC2c2ncc(Cc3cccc(Cl)c3)o2)c1. The van der Waals surface area contributed by atoms with Gasteiger partial charge in [-0.2, -0.15) is 5.10 Å². The molecule has 0 N–H and O–H groups in total. The maximum atomic E-state index is 12.9. The van der Waals surface area contributed by atoms with E-state index in [0.29, 0.717) is 17.3 Å². The van der Waals surface area contributed by atoms with Gasteiger partial charge in [0.1, 0.15) is 18.3 Å². The van der Waals surface area contributed by atoms with Gasteiger partial charge in [0.25, 0.3) is 0 Å². The predicted octanol–water partition coefficient (Wildman–Crippen LogP) is 4.18. The van der Waals surface area contributed by atoms with Gasteiger partial charge in [-0.1, -0.05) is 23.7 Å². The molecule has 4 rings (SSSR count). The van der Waals surface area contributed by atoms with E-state index >= 15 is 0 Å². The molecule has 1 saturated heterocycles. The van der Waals surface area contributed by atoms with Gasteiger partial charge < -0.3 is 9.32 Å². The first-order valence-corrected chi connectivity index (χ1v) is 9.94. The topological polar surface area (TPSA) is 64.2 Å². The average Bonchev–Trinajstić information content (AvgIpc) is 3.31. The molecule has 1 aliphatic rings. The molecule has 0 bridgehead atoms. The lowest BCUT2D eigenvalue weighted by molar-refractivity contribution is -0.136. The number of amides is 1. The van der Waals surface area contributed by atoms with E-state index < -0.39 is 0 Å². The number of oxazole rings is 1. The lowest BCUT2D eigenvalue weighted by atomic mass is 10.0. The van der Waals surface area contributed by atoms with Gasteiger partial charge in [0, 0.05) is 24.2 Å². The second-order valence-corrected chi connectivity index (χ2v) is 7.72. The van der Waals surface area contributed by atoms with Gasteiger partial charge in [-0.25, -0.2) is 4.98 Å². The van der Waals surface area contributed by atoms with Crippen molar-refractivity contribution in [2.24, 2.45) is 0 Å². The molecule has 6 nitrogen and oxygen atoms in total. The van der Waals surface area contributed by atoms with E-state index in [2.05, 4.69) is 10.1 Å². The molecule has 0 aliphatic carbocycles. The number of aryl methyl sites for hydroxylation is 1. The number of rotatable bonds is 5. The first-order chi connectivity index (χ1) is 13.6. The first-order valence-electron chi connectivity index (χ1n) is 9.56. The molecular formula is C21H23ClN4O2. The highest BCUT2D eigenvalue weighted by atomic mass is 35.5. The molecule has 1 fully saturated rings. The van der Waals surface area contributed by atoms with Crippen molar-refractivity contribution in [2.45, 2.75) is 45.2 Å². The van der Waals surface area contributed by atoms with Crippen LogP contribution in [0.5, 0.6) is 0 Å². The highest BCUT2D eigenvalue weighted by Crippen LogP contribution is 2.31. The highest BCUT2D eigenvalue weighted by Gasteiger charge is 2.31. The normalized spacial score (nSPS) is 17.1. The number of carbonyl (C=O) groups excluding carboxylic acids is 1. The number of nitrogens with zero attached hydrogens (tertiary/aromatic N) is 4. The second-order valence-electron chi connectivity index (χ2n) is 7.29. The molecule has 28 heavy (non-hydrogen) atoms. The number of carbonyl (C=O) groups is 1. The number of hydrogen-bond donors (Lipinski definition) is 0. The fourth-order valence-electron chi connectivity index (χ4n) is 3.68. The Bertz CT molecular complexity index is 965. The van der Waals surface area contributed by atoms with Crippen molar-refractivity contribution in [3.05, 3.63) is 70.7 Å². The summed E-state index contributed by atoms with van der Waals surface area (Å²) in [6, 6.07) is 7.59. The minimum absolute atomic E-state index is 0.0439. The minimum atomic E-state index is -0.119. The number of halogens is 1. The fourth-order valence-corrected chi connectivity index (χ4v) is 3.89. The molecule has 0 radical (unpaired) electrons. The summed E-state index contributed by atoms with van der Waals surface area (Å²) in [5, 5.41) is 4.93. The third-order valence-corrected chi connectivity index (χ3v) is 5.24. The van der Waals surface area contributed by atoms with Gasteiger partial charge in [-0.15, -0.1) is 0 Å². The Labute approximate surface area is 169 Å². The zero-order valence-corrected chi connectivity index (χ0v) is 16.6. The third kappa shape index (κ3) is 4.28. The van der Waals surface area contributed by atoms with Crippen molar-refractivity contribution >= 4 is 17.5 Å². The van der Waals surface area contributed by atoms with Gasteiger partial charge in [-0.3, -0.25) is 9.48 Å². The van der Waals surface area contributed by atoms with Crippen LogP contribution in [0.2, 0.25) is 5.02 Å². The highest BCUT2D eigenvalue weighted by molar-refractivity contribution is 6.30. The maximum Gasteiger partial charge on any atom is 0.244 e. The fraction of sp³-hybridized carbons (Fsp3) is 0.381. The van der Waals surface area contributed by atoms with Gasteiger partial charge >= 0.3 is 0 Å². The summed E-state index contributed by atoms with van der Waals surface area (Å²) in [4.78, 5) is 19.2. The monoisotopic (exact) mass is 398 g/mol. The van der Waals surface area contributed by atoms with Crippen molar-refractivity contribution in [3.63, 3.8) is 0 Å². The summed E-state index contributed by atoms with van der Waals surface area (Å²) in [5.41, 5.74) is 2.11. The summed E-state index contributed by atoms with van der Waals surface area (Å²) in [5.74, 6) is 1.43. The molecule has 3 aromatic rings. The third-order valence-electron chi connectivity index (χ3n) is 5.01. The van der Waals surface area contributed by atoms with Crippen LogP contribution in [0.15, 0.2) is 47.3 Å². The minimum Gasteiger partial charge on any atom is -0.443 e. The van der Waals surface area contributed by atoms with E-state index in [0.717, 1.165) is 42.7 Å². The van der Waals surface area contributed by atoms with Crippen LogP contribution < -0.4 is 0 Å². The van der Waals surface area contributed by atoms with Crippen molar-refractivity contribution in [3.8, 4) is 0 Å². The largest absolute Gasteiger partial charge is 0.443 e. The molecule has 0 spiro atoms. The van der Waals surface area contributed by atoms with Gasteiger partial charge in [0.05, 0.1) is 12.4 Å². The zero-order chi connectivity index (χ0) is 19.5. The van der Waals surface area contributed by atoms with Crippen molar-refractivity contribution in [1.82, 2.24) is 19.7 Å². The van der Waals surface area contributed by atoms with Crippen LogP contribution in [0.25, 0.3) is 0 Å². The molecule has 0 saturated carbocycles. The number of aromatic nitrogens is 3. The lowest BCUT2D eigenvalue weighted by Crippen LogP contribution is -2.40. The molecule has 146 valence electrons. The molecule has 1 atom stereocenters. The maximum absolute atomic E-state index is 12.9. The quantitative estimate of drug-likeness (QED) is 0.646. The number of benzene rings is 1. The molecule has 3 heterocycles. The summed E-state index contributed by atoms with van der Waals surface area (Å²) in [6.45, 7) is 2.92. The van der Waals surface area contributed by atoms with Crippen molar-refractivity contribution in [2.75, 3.05) is 6.54 Å². The van der Waals surface area contributed by atoms with E-state index in [9.17, 15) is 4.79 Å². The van der Waals surface area contributed by atoms with Crippen LogP contribution in [-0.2, 0) is 17.8 Å². The first kappa shape index (κ1) is 18.7. The summed E-state index contributed by atoms with van der Waals surface area (Å²) in [6.07, 6.45) is 8.94. The number of likely N-dealkylation sites (tertiary alicyclic amines) is 1. The summed E-state index contributed by atoms with van der Waals surface area (Å²) >= 11 is 6.06. The van der Waals surface area contributed by atoms with Gasteiger partial charge in [0.15, 0.2) is 0 Å². The Hall–Kier alpha value is -2.60. The van der Waals surface area contributed by atoms with E-state index in [1.165, 1.54) is 0 Å². The molecule has 1 unspecified atom stereocenters. The Morgan fingerprint density at radius 1 is 1.32 bits per heavy atom. The zero-order valence-electron chi connectivity index (χ0n) is 15.8. The standard InChI is InChI=1S/C21H23ClN4O2/c1-15-11-24-25(13-15)14-20(27)26-8-3-2-7-19(26)21-23-12-18(28-21)10-16-5-4-6-17(22)9-16/h4-6,9,11-13,19H,2-3,7-8,10,14H2,1H3. The van der Waals surface area contributed by atoms with Crippen molar-refractivity contribution in [1.29, 1.82) is 0 Å². The van der Waals surface area contributed by atoms with Crippen molar-refractivity contribution < 1.29 is 9.21 Å². The van der Waals surface area contributed by atoms with Crippen LogP contribution in [-0.4, -0.2) is 32.1 Å². The molecule has 7 heteroatoms. The van der Waals surface area contributed by atoms with Crippen LogP contribution in [0, 0.1) is 6.92 Å². The Morgan fingerprint density at radius 3 is 3.00 bits per heavy atom. The molecule has 1 aromatic carbocycles. The van der Waals surface area contributed by atoms with E-state index in [1.807, 2.05) is 42.3 Å². The predicted molar refractivity (Wildman–Crippen MR) is 106 cm³/mol. The van der Waals surface area contributed by atoms with Gasteiger partial charge in [-0.05, 0) is 49.4 Å².